The van der Waals surface area contributed by atoms with Gasteiger partial charge in [0, 0.05) is 12.6 Å². The number of benzene rings is 1. The van der Waals surface area contributed by atoms with Crippen molar-refractivity contribution in [3.8, 4) is 0 Å². The number of hydrogen-bond donors (Lipinski definition) is 1. The van der Waals surface area contributed by atoms with Gasteiger partial charge in [-0.25, -0.2) is 4.68 Å². The predicted molar refractivity (Wildman–Crippen MR) is 95.5 cm³/mol. The van der Waals surface area contributed by atoms with E-state index in [0.717, 1.165) is 50.9 Å². The Hall–Kier alpha value is -2.42. The molecule has 2 aliphatic rings. The molecule has 1 amide bonds. The van der Waals surface area contributed by atoms with Crippen LogP contribution < -0.4 is 5.32 Å². The summed E-state index contributed by atoms with van der Waals surface area (Å²) in [6.45, 7) is 2.09. The highest BCUT2D eigenvalue weighted by Gasteiger charge is 2.35. The monoisotopic (exact) mass is 393 g/mol. The van der Waals surface area contributed by atoms with E-state index >= 15 is 0 Å². The van der Waals surface area contributed by atoms with Gasteiger partial charge in [-0.3, -0.25) is 4.79 Å². The number of aromatic nitrogens is 3. The molecule has 0 radical (unpaired) electrons. The molecule has 2 aromatic rings. The highest BCUT2D eigenvalue weighted by molar-refractivity contribution is 5.92. The van der Waals surface area contributed by atoms with Crippen LogP contribution in [0.4, 0.5) is 13.2 Å². The third kappa shape index (κ3) is 4.19. The molecule has 1 saturated carbocycles. The summed E-state index contributed by atoms with van der Waals surface area (Å²) in [5, 5.41) is 11.5. The third-order valence-electron chi connectivity index (χ3n) is 5.29. The topological polar surface area (TPSA) is 63.1 Å². The summed E-state index contributed by atoms with van der Waals surface area (Å²) in [4.78, 5) is 14.7. The van der Waals surface area contributed by atoms with Crippen molar-refractivity contribution in [1.29, 1.82) is 0 Å². The molecule has 2 fully saturated rings. The maximum atomic E-state index is 13.0. The van der Waals surface area contributed by atoms with Crippen LogP contribution in [0, 0.1) is 0 Å². The lowest BCUT2D eigenvalue weighted by molar-refractivity contribution is -0.137. The normalized spacial score (nSPS) is 18.2. The summed E-state index contributed by atoms with van der Waals surface area (Å²) < 4.78 is 40.0. The van der Waals surface area contributed by atoms with E-state index < -0.39 is 11.7 Å². The Labute approximate surface area is 160 Å². The Morgan fingerprint density at radius 2 is 1.82 bits per heavy atom. The number of nitrogens with zero attached hydrogens (tertiary/aromatic N) is 4. The summed E-state index contributed by atoms with van der Waals surface area (Å²) in [5.41, 5.74) is 0.266. The summed E-state index contributed by atoms with van der Waals surface area (Å²) in [7, 11) is 0. The quantitative estimate of drug-likeness (QED) is 0.848. The molecule has 0 spiro atoms. The molecule has 2 heterocycles. The van der Waals surface area contributed by atoms with Crippen molar-refractivity contribution in [3.05, 3.63) is 47.3 Å². The number of hydrogen-bond acceptors (Lipinski definition) is 4. The first kappa shape index (κ1) is 18.9. The second kappa shape index (κ2) is 7.54. The Balaban J connectivity index is 1.47. The average Bonchev–Trinajstić information content (AvgIpc) is 3.41. The molecule has 1 aromatic carbocycles. The molecule has 1 aliphatic heterocycles. The fourth-order valence-electron chi connectivity index (χ4n) is 3.52. The first-order valence-electron chi connectivity index (χ1n) is 9.51. The summed E-state index contributed by atoms with van der Waals surface area (Å²) >= 11 is 0. The van der Waals surface area contributed by atoms with Gasteiger partial charge in [0.1, 0.15) is 0 Å². The van der Waals surface area contributed by atoms with Crippen LogP contribution in [0.15, 0.2) is 30.5 Å². The molecule has 1 aromatic heterocycles. The number of rotatable bonds is 5. The minimum atomic E-state index is -4.36. The number of nitrogens with one attached hydrogen (secondary N) is 1. The number of carbonyl (C=O) groups is 1. The van der Waals surface area contributed by atoms with E-state index in [1.165, 1.54) is 12.1 Å². The zero-order valence-corrected chi connectivity index (χ0v) is 15.3. The molecule has 1 saturated heterocycles. The highest BCUT2D eigenvalue weighted by atomic mass is 19.4. The van der Waals surface area contributed by atoms with Crippen LogP contribution in [0.5, 0.6) is 0 Å². The summed E-state index contributed by atoms with van der Waals surface area (Å²) in [5.74, 6) is -0.220. The molecule has 0 atom stereocenters. The molecule has 4 rings (SSSR count). The van der Waals surface area contributed by atoms with Crippen LogP contribution in [0.25, 0.3) is 0 Å². The van der Waals surface area contributed by atoms with Crippen LogP contribution >= 0.6 is 0 Å². The van der Waals surface area contributed by atoms with Gasteiger partial charge in [0.2, 0.25) is 0 Å². The fraction of sp³-hybridized carbons (Fsp3) is 0.526. The maximum Gasteiger partial charge on any atom is 0.416 e. The van der Waals surface area contributed by atoms with Gasteiger partial charge < -0.3 is 10.2 Å². The van der Waals surface area contributed by atoms with Crippen molar-refractivity contribution in [3.63, 3.8) is 0 Å². The number of alkyl halides is 3. The van der Waals surface area contributed by atoms with Crippen molar-refractivity contribution in [1.82, 2.24) is 25.2 Å². The second-order valence-electron chi connectivity index (χ2n) is 7.42. The van der Waals surface area contributed by atoms with Crippen LogP contribution in [0.1, 0.15) is 53.3 Å². The smallest absolute Gasteiger partial charge is 0.330 e. The maximum absolute atomic E-state index is 13.0. The standard InChI is InChI=1S/C19H22F3N5O/c20-19(21,22)14-3-1-13(2-4-14)11-26(15-5-6-15)18(28)17-12-27(25-24-17)16-7-9-23-10-8-16/h1-4,12,15-16,23H,5-11H2. The Kier molecular flexibility index (Phi) is 5.09. The number of halogens is 3. The number of amides is 1. The van der Waals surface area contributed by atoms with E-state index in [9.17, 15) is 18.0 Å². The predicted octanol–water partition coefficient (Wildman–Crippen LogP) is 3.03. The van der Waals surface area contributed by atoms with Gasteiger partial charge in [0.15, 0.2) is 5.69 Å². The van der Waals surface area contributed by atoms with Gasteiger partial charge in [-0.15, -0.1) is 5.10 Å². The van der Waals surface area contributed by atoms with Crippen molar-refractivity contribution in [2.45, 2.75) is 50.5 Å². The minimum Gasteiger partial charge on any atom is -0.330 e. The van der Waals surface area contributed by atoms with Crippen molar-refractivity contribution < 1.29 is 18.0 Å². The van der Waals surface area contributed by atoms with E-state index in [1.807, 2.05) is 0 Å². The van der Waals surface area contributed by atoms with Crippen LogP contribution in [-0.2, 0) is 12.7 Å². The first-order valence-corrected chi connectivity index (χ1v) is 9.51. The lowest BCUT2D eigenvalue weighted by Gasteiger charge is -2.22. The Morgan fingerprint density at radius 3 is 2.43 bits per heavy atom. The highest BCUT2D eigenvalue weighted by Crippen LogP contribution is 2.32. The Morgan fingerprint density at radius 1 is 1.14 bits per heavy atom. The SMILES string of the molecule is O=C(c1cn(C2CCNCC2)nn1)N(Cc1ccc(C(F)(F)F)cc1)C1CC1. The van der Waals surface area contributed by atoms with E-state index in [4.69, 9.17) is 0 Å². The second-order valence-corrected chi connectivity index (χ2v) is 7.42. The molecular weight excluding hydrogens is 371 g/mol. The van der Waals surface area contributed by atoms with Gasteiger partial charge in [-0.05, 0) is 56.5 Å². The molecule has 1 aliphatic carbocycles. The first-order chi connectivity index (χ1) is 13.4. The number of piperidine rings is 1. The van der Waals surface area contributed by atoms with Crippen LogP contribution in [0.2, 0.25) is 0 Å². The van der Waals surface area contributed by atoms with E-state index in [1.54, 1.807) is 15.8 Å². The van der Waals surface area contributed by atoms with Gasteiger partial charge in [-0.1, -0.05) is 17.3 Å². The van der Waals surface area contributed by atoms with Crippen molar-refractivity contribution >= 4 is 5.91 Å². The molecule has 1 N–H and O–H groups in total. The van der Waals surface area contributed by atoms with E-state index in [0.29, 0.717) is 5.56 Å². The van der Waals surface area contributed by atoms with Crippen molar-refractivity contribution in [2.24, 2.45) is 0 Å². The fourth-order valence-corrected chi connectivity index (χ4v) is 3.52. The number of carbonyl (C=O) groups excluding carboxylic acids is 1. The van der Waals surface area contributed by atoms with Crippen LogP contribution in [0.3, 0.4) is 0 Å². The average molecular weight is 393 g/mol. The van der Waals surface area contributed by atoms with E-state index in [2.05, 4.69) is 15.6 Å². The molecule has 0 unspecified atom stereocenters. The molecule has 0 bridgehead atoms. The summed E-state index contributed by atoms with van der Waals surface area (Å²) in [6.07, 6.45) is 1.01. The zero-order chi connectivity index (χ0) is 19.7. The van der Waals surface area contributed by atoms with E-state index in [-0.39, 0.29) is 30.2 Å². The lowest BCUT2D eigenvalue weighted by Crippen LogP contribution is -2.33. The third-order valence-corrected chi connectivity index (χ3v) is 5.29. The Bertz CT molecular complexity index is 823. The molecule has 6 nitrogen and oxygen atoms in total. The molecular formula is C19H22F3N5O. The molecule has 9 heteroatoms. The minimum absolute atomic E-state index is 0.110. The lowest BCUT2D eigenvalue weighted by atomic mass is 10.1. The summed E-state index contributed by atoms with van der Waals surface area (Å²) in [6, 6.07) is 5.31. The van der Waals surface area contributed by atoms with Gasteiger partial charge >= 0.3 is 6.18 Å². The van der Waals surface area contributed by atoms with Gasteiger partial charge in [-0.2, -0.15) is 13.2 Å². The van der Waals surface area contributed by atoms with Gasteiger partial charge in [0.25, 0.3) is 5.91 Å². The largest absolute Gasteiger partial charge is 0.416 e. The molecule has 150 valence electrons. The molecule has 28 heavy (non-hydrogen) atoms. The van der Waals surface area contributed by atoms with Crippen LogP contribution in [-0.4, -0.2) is 44.9 Å². The van der Waals surface area contributed by atoms with Gasteiger partial charge in [0.05, 0.1) is 17.8 Å². The zero-order valence-electron chi connectivity index (χ0n) is 15.3. The van der Waals surface area contributed by atoms with Crippen molar-refractivity contribution in [2.75, 3.05) is 13.1 Å².